The molecule has 29 heavy (non-hydrogen) atoms. The van der Waals surface area contributed by atoms with Crippen molar-refractivity contribution >= 4 is 0 Å². The van der Waals surface area contributed by atoms with Crippen LogP contribution in [0.1, 0.15) is 56.2 Å². The number of halogens is 3. The van der Waals surface area contributed by atoms with E-state index in [1.807, 2.05) is 18.2 Å². The number of hydrogen-bond donors (Lipinski definition) is 0. The minimum atomic E-state index is -4.14. The predicted octanol–water partition coefficient (Wildman–Crippen LogP) is 6.56. The van der Waals surface area contributed by atoms with Crippen LogP contribution in [0.25, 0.3) is 0 Å². The number of hydrogen-bond acceptors (Lipinski definition) is 1. The van der Waals surface area contributed by atoms with Crippen molar-refractivity contribution in [1.29, 1.82) is 0 Å². The van der Waals surface area contributed by atoms with Crippen molar-refractivity contribution in [1.82, 2.24) is 4.90 Å². The smallest absolute Gasteiger partial charge is 0.300 e. The maximum Gasteiger partial charge on any atom is 0.398 e. The van der Waals surface area contributed by atoms with E-state index in [1.165, 1.54) is 5.56 Å². The maximum absolute atomic E-state index is 13.3. The second kappa shape index (κ2) is 9.34. The van der Waals surface area contributed by atoms with E-state index in [9.17, 15) is 13.2 Å². The molecule has 0 amide bonds. The molecule has 1 nitrogen and oxygen atoms in total. The fraction of sp³-hybridized carbons (Fsp3) is 0.520. The molecule has 1 unspecified atom stereocenters. The van der Waals surface area contributed by atoms with Gasteiger partial charge in [-0.05, 0) is 61.8 Å². The van der Waals surface area contributed by atoms with E-state index in [0.717, 1.165) is 44.3 Å². The zero-order valence-corrected chi connectivity index (χ0v) is 17.5. The molecule has 0 N–H and O–H groups in total. The largest absolute Gasteiger partial charge is 0.398 e. The Kier molecular flexibility index (Phi) is 7.05. The van der Waals surface area contributed by atoms with Gasteiger partial charge in [0.05, 0.1) is 5.41 Å². The quantitative estimate of drug-likeness (QED) is 0.434. The van der Waals surface area contributed by atoms with E-state index >= 15 is 0 Å². The van der Waals surface area contributed by atoms with Crippen LogP contribution in [-0.4, -0.2) is 30.2 Å². The SMILES string of the molecule is CCC(CCc1ccc(C2(C(F)(F)F)CC2)cc1)N(CC)CCc1ccccc1. The third kappa shape index (κ3) is 5.22. The van der Waals surface area contributed by atoms with Crippen LogP contribution < -0.4 is 0 Å². The highest BCUT2D eigenvalue weighted by atomic mass is 19.4. The van der Waals surface area contributed by atoms with Gasteiger partial charge in [-0.25, -0.2) is 0 Å². The number of aryl methyl sites for hydroxylation is 1. The Morgan fingerprint density at radius 3 is 2.03 bits per heavy atom. The minimum absolute atomic E-state index is 0.223. The molecule has 158 valence electrons. The van der Waals surface area contributed by atoms with E-state index in [-0.39, 0.29) is 12.8 Å². The zero-order valence-electron chi connectivity index (χ0n) is 17.5. The third-order valence-corrected chi connectivity index (χ3v) is 6.49. The highest BCUT2D eigenvalue weighted by Crippen LogP contribution is 2.58. The molecule has 0 heterocycles. The number of alkyl halides is 3. The highest BCUT2D eigenvalue weighted by molar-refractivity contribution is 5.35. The molecule has 1 fully saturated rings. The molecule has 2 aromatic carbocycles. The van der Waals surface area contributed by atoms with Gasteiger partial charge in [0.15, 0.2) is 0 Å². The number of benzene rings is 2. The van der Waals surface area contributed by atoms with Crippen LogP contribution in [0.2, 0.25) is 0 Å². The summed E-state index contributed by atoms with van der Waals surface area (Å²) in [6.45, 7) is 6.47. The van der Waals surface area contributed by atoms with Crippen LogP contribution in [0, 0.1) is 0 Å². The van der Waals surface area contributed by atoms with Crippen molar-refractivity contribution in [3.05, 3.63) is 71.3 Å². The Hall–Kier alpha value is -1.81. The fourth-order valence-corrected chi connectivity index (χ4v) is 4.35. The van der Waals surface area contributed by atoms with Crippen LogP contribution >= 0.6 is 0 Å². The van der Waals surface area contributed by atoms with E-state index in [0.29, 0.717) is 11.6 Å². The van der Waals surface area contributed by atoms with E-state index in [2.05, 4.69) is 43.0 Å². The van der Waals surface area contributed by atoms with E-state index < -0.39 is 11.6 Å². The Balaban J connectivity index is 1.55. The third-order valence-electron chi connectivity index (χ3n) is 6.49. The van der Waals surface area contributed by atoms with Gasteiger partial charge in [0, 0.05) is 12.6 Å². The normalized spacial score (nSPS) is 16.8. The lowest BCUT2D eigenvalue weighted by molar-refractivity contribution is -0.160. The lowest BCUT2D eigenvalue weighted by Crippen LogP contribution is -2.36. The number of nitrogens with zero attached hydrogens (tertiary/aromatic N) is 1. The van der Waals surface area contributed by atoms with Gasteiger partial charge in [0.25, 0.3) is 0 Å². The van der Waals surface area contributed by atoms with Gasteiger partial charge < -0.3 is 4.90 Å². The summed E-state index contributed by atoms with van der Waals surface area (Å²) in [7, 11) is 0. The standard InChI is InChI=1S/C25H32F3N/c1-3-23(29(4-2)19-16-20-8-6-5-7-9-20)15-12-21-10-13-22(14-11-21)24(17-18-24)25(26,27)28/h5-11,13-14,23H,3-4,12,15-19H2,1-2H3. The highest BCUT2D eigenvalue weighted by Gasteiger charge is 2.64. The minimum Gasteiger partial charge on any atom is -0.300 e. The summed E-state index contributed by atoms with van der Waals surface area (Å²) in [5.74, 6) is 0. The van der Waals surface area contributed by atoms with Crippen molar-refractivity contribution in [2.75, 3.05) is 13.1 Å². The molecule has 1 aliphatic rings. The summed E-state index contributed by atoms with van der Waals surface area (Å²) in [4.78, 5) is 2.53. The monoisotopic (exact) mass is 403 g/mol. The second-order valence-corrected chi connectivity index (χ2v) is 8.24. The van der Waals surface area contributed by atoms with Gasteiger partial charge >= 0.3 is 6.18 Å². The molecule has 0 aromatic heterocycles. The summed E-state index contributed by atoms with van der Waals surface area (Å²) in [6, 6.07) is 18.2. The van der Waals surface area contributed by atoms with Crippen molar-refractivity contribution in [2.24, 2.45) is 0 Å². The molecule has 4 heteroatoms. The molecule has 0 radical (unpaired) electrons. The average Bonchev–Trinajstić information content (AvgIpc) is 3.54. The molecule has 0 spiro atoms. The summed E-state index contributed by atoms with van der Waals surface area (Å²) in [6.07, 6.45) is 0.364. The van der Waals surface area contributed by atoms with Crippen LogP contribution in [0.5, 0.6) is 0 Å². The average molecular weight is 404 g/mol. The zero-order chi connectivity index (χ0) is 20.9. The number of rotatable bonds is 10. The Bertz CT molecular complexity index is 748. The first-order valence-electron chi connectivity index (χ1n) is 10.8. The molecule has 0 aliphatic heterocycles. The fourth-order valence-electron chi connectivity index (χ4n) is 4.35. The van der Waals surface area contributed by atoms with Crippen LogP contribution in [0.15, 0.2) is 54.6 Å². The van der Waals surface area contributed by atoms with Gasteiger partial charge in [0.1, 0.15) is 0 Å². The Labute approximate surface area is 172 Å². The maximum atomic E-state index is 13.3. The molecular formula is C25H32F3N. The van der Waals surface area contributed by atoms with Crippen LogP contribution in [0.4, 0.5) is 13.2 Å². The first kappa shape index (κ1) is 21.9. The van der Waals surface area contributed by atoms with Gasteiger partial charge in [-0.1, -0.05) is 68.4 Å². The molecular weight excluding hydrogens is 371 g/mol. The summed E-state index contributed by atoms with van der Waals surface area (Å²) in [5, 5.41) is 0. The first-order chi connectivity index (χ1) is 13.9. The first-order valence-corrected chi connectivity index (χ1v) is 10.8. The van der Waals surface area contributed by atoms with Crippen molar-refractivity contribution in [2.45, 2.75) is 70.0 Å². The number of likely N-dealkylation sites (N-methyl/N-ethyl adjacent to an activating group) is 1. The van der Waals surface area contributed by atoms with Gasteiger partial charge in [-0.3, -0.25) is 0 Å². The topological polar surface area (TPSA) is 3.24 Å². The molecule has 3 rings (SSSR count). The second-order valence-electron chi connectivity index (χ2n) is 8.24. The molecule has 1 saturated carbocycles. The molecule has 0 bridgehead atoms. The predicted molar refractivity (Wildman–Crippen MR) is 113 cm³/mol. The summed E-state index contributed by atoms with van der Waals surface area (Å²) >= 11 is 0. The van der Waals surface area contributed by atoms with Crippen LogP contribution in [0.3, 0.4) is 0 Å². The van der Waals surface area contributed by atoms with Crippen molar-refractivity contribution in [3.63, 3.8) is 0 Å². The molecule has 1 aliphatic carbocycles. The molecule has 2 aromatic rings. The van der Waals surface area contributed by atoms with E-state index in [1.54, 1.807) is 12.1 Å². The lowest BCUT2D eigenvalue weighted by atomic mass is 9.93. The Morgan fingerprint density at radius 1 is 0.897 bits per heavy atom. The summed E-state index contributed by atoms with van der Waals surface area (Å²) in [5.41, 5.74) is 1.34. The van der Waals surface area contributed by atoms with Crippen LogP contribution in [-0.2, 0) is 18.3 Å². The van der Waals surface area contributed by atoms with Crippen molar-refractivity contribution in [3.8, 4) is 0 Å². The van der Waals surface area contributed by atoms with Crippen molar-refractivity contribution < 1.29 is 13.2 Å². The molecule has 1 atom stereocenters. The Morgan fingerprint density at radius 2 is 1.52 bits per heavy atom. The van der Waals surface area contributed by atoms with Gasteiger partial charge in [-0.2, -0.15) is 13.2 Å². The van der Waals surface area contributed by atoms with E-state index in [4.69, 9.17) is 0 Å². The molecule has 0 saturated heterocycles. The lowest BCUT2D eigenvalue weighted by Gasteiger charge is -2.30. The van der Waals surface area contributed by atoms with Gasteiger partial charge in [0.2, 0.25) is 0 Å². The van der Waals surface area contributed by atoms with Gasteiger partial charge in [-0.15, -0.1) is 0 Å². The summed E-state index contributed by atoms with van der Waals surface area (Å²) < 4.78 is 39.9.